The molecular formula is C19H24Cl2O. The fraction of sp³-hybridized carbons (Fsp3) is 0.368. The van der Waals surface area contributed by atoms with Crippen molar-refractivity contribution in [2.75, 3.05) is 0 Å². The highest BCUT2D eigenvalue weighted by Gasteiger charge is 2.13. The summed E-state index contributed by atoms with van der Waals surface area (Å²) in [6.45, 7) is 8.69. The molecule has 0 aromatic heterocycles. The van der Waals surface area contributed by atoms with E-state index in [2.05, 4.69) is 13.0 Å². The molecule has 0 aliphatic rings. The third-order valence-corrected chi connectivity index (χ3v) is 3.82. The van der Waals surface area contributed by atoms with Crippen molar-refractivity contribution >= 4 is 23.2 Å². The zero-order chi connectivity index (χ0) is 16.5. The van der Waals surface area contributed by atoms with Gasteiger partial charge in [0.25, 0.3) is 0 Å². The monoisotopic (exact) mass is 338 g/mol. The smallest absolute Gasteiger partial charge is 0.0841 e. The summed E-state index contributed by atoms with van der Waals surface area (Å²) in [6.07, 6.45) is 0.898. The SMILES string of the molecule is CC.CCC(OCc1ccc(Cl)cc1)c1ccc(C)cc1Cl. The van der Waals surface area contributed by atoms with E-state index in [1.807, 2.05) is 57.2 Å². The average molecular weight is 339 g/mol. The van der Waals surface area contributed by atoms with E-state index >= 15 is 0 Å². The maximum Gasteiger partial charge on any atom is 0.0841 e. The summed E-state index contributed by atoms with van der Waals surface area (Å²) in [6, 6.07) is 13.8. The van der Waals surface area contributed by atoms with Crippen molar-refractivity contribution < 1.29 is 4.74 Å². The van der Waals surface area contributed by atoms with Crippen LogP contribution in [0.1, 0.15) is 50.0 Å². The van der Waals surface area contributed by atoms with Crippen LogP contribution < -0.4 is 0 Å². The number of halogens is 2. The van der Waals surface area contributed by atoms with Gasteiger partial charge in [-0.05, 0) is 48.2 Å². The van der Waals surface area contributed by atoms with Crippen LogP contribution in [0.4, 0.5) is 0 Å². The van der Waals surface area contributed by atoms with Crippen LogP contribution >= 0.6 is 23.2 Å². The summed E-state index contributed by atoms with van der Waals surface area (Å²) in [7, 11) is 0. The molecule has 0 aliphatic heterocycles. The Morgan fingerprint density at radius 1 is 1.00 bits per heavy atom. The fourth-order valence-electron chi connectivity index (χ4n) is 2.10. The van der Waals surface area contributed by atoms with Crippen molar-refractivity contribution in [1.29, 1.82) is 0 Å². The van der Waals surface area contributed by atoms with Crippen LogP contribution in [0.25, 0.3) is 0 Å². The third kappa shape index (κ3) is 5.64. The summed E-state index contributed by atoms with van der Waals surface area (Å²) in [5.74, 6) is 0. The zero-order valence-electron chi connectivity index (χ0n) is 13.7. The first-order valence-corrected chi connectivity index (χ1v) is 8.48. The molecule has 0 spiro atoms. The number of benzene rings is 2. The van der Waals surface area contributed by atoms with E-state index in [1.165, 1.54) is 0 Å². The number of hydrogen-bond donors (Lipinski definition) is 0. The summed E-state index contributed by atoms with van der Waals surface area (Å²) in [5.41, 5.74) is 3.32. The van der Waals surface area contributed by atoms with E-state index < -0.39 is 0 Å². The lowest BCUT2D eigenvalue weighted by molar-refractivity contribution is 0.0372. The standard InChI is InChI=1S/C17H18Cl2O.C2H6/c1-3-17(15-9-4-12(2)10-16(15)19)20-11-13-5-7-14(18)8-6-13;1-2/h4-10,17H,3,11H2,1-2H3;1-2H3. The molecule has 0 N–H and O–H groups in total. The molecule has 0 heterocycles. The summed E-state index contributed by atoms with van der Waals surface area (Å²) in [4.78, 5) is 0. The highest BCUT2D eigenvalue weighted by molar-refractivity contribution is 6.31. The fourth-order valence-corrected chi connectivity index (χ4v) is 2.58. The number of rotatable bonds is 5. The highest BCUT2D eigenvalue weighted by atomic mass is 35.5. The molecular weight excluding hydrogens is 315 g/mol. The molecule has 2 rings (SSSR count). The number of hydrogen-bond acceptors (Lipinski definition) is 1. The van der Waals surface area contributed by atoms with Gasteiger partial charge in [-0.2, -0.15) is 0 Å². The van der Waals surface area contributed by atoms with Crippen LogP contribution in [0, 0.1) is 6.92 Å². The van der Waals surface area contributed by atoms with Gasteiger partial charge in [-0.1, -0.05) is 68.2 Å². The lowest BCUT2D eigenvalue weighted by Gasteiger charge is -2.18. The lowest BCUT2D eigenvalue weighted by Crippen LogP contribution is -2.04. The Kier molecular flexibility index (Phi) is 8.55. The second-order valence-corrected chi connectivity index (χ2v) is 5.70. The summed E-state index contributed by atoms with van der Waals surface area (Å²) < 4.78 is 6.00. The Morgan fingerprint density at radius 2 is 1.64 bits per heavy atom. The quantitative estimate of drug-likeness (QED) is 0.570. The molecule has 22 heavy (non-hydrogen) atoms. The molecule has 1 unspecified atom stereocenters. The van der Waals surface area contributed by atoms with Gasteiger partial charge in [0.2, 0.25) is 0 Å². The van der Waals surface area contributed by atoms with Crippen molar-refractivity contribution in [3.63, 3.8) is 0 Å². The summed E-state index contributed by atoms with van der Waals surface area (Å²) in [5, 5.41) is 1.51. The average Bonchev–Trinajstić information content (AvgIpc) is 2.53. The van der Waals surface area contributed by atoms with E-state index in [9.17, 15) is 0 Å². The van der Waals surface area contributed by atoms with Gasteiger partial charge in [0.1, 0.15) is 0 Å². The summed E-state index contributed by atoms with van der Waals surface area (Å²) >= 11 is 12.2. The molecule has 1 atom stereocenters. The minimum absolute atomic E-state index is 0.0128. The maximum absolute atomic E-state index is 6.31. The molecule has 3 heteroatoms. The Labute approximate surface area is 144 Å². The molecule has 0 aliphatic carbocycles. The van der Waals surface area contributed by atoms with E-state index in [-0.39, 0.29) is 6.10 Å². The van der Waals surface area contributed by atoms with E-state index in [4.69, 9.17) is 27.9 Å². The zero-order valence-corrected chi connectivity index (χ0v) is 15.2. The molecule has 0 saturated carbocycles. The van der Waals surface area contributed by atoms with Crippen molar-refractivity contribution in [2.45, 2.75) is 46.8 Å². The molecule has 2 aromatic carbocycles. The molecule has 0 radical (unpaired) electrons. The molecule has 0 saturated heterocycles. The minimum Gasteiger partial charge on any atom is -0.369 e. The lowest BCUT2D eigenvalue weighted by atomic mass is 10.1. The molecule has 120 valence electrons. The topological polar surface area (TPSA) is 9.23 Å². The number of ether oxygens (including phenoxy) is 1. The van der Waals surface area contributed by atoms with Crippen molar-refractivity contribution in [2.24, 2.45) is 0 Å². The van der Waals surface area contributed by atoms with E-state index in [0.29, 0.717) is 6.61 Å². The predicted molar refractivity (Wildman–Crippen MR) is 96.8 cm³/mol. The van der Waals surface area contributed by atoms with Gasteiger partial charge in [-0.25, -0.2) is 0 Å². The van der Waals surface area contributed by atoms with E-state index in [0.717, 1.165) is 33.2 Å². The molecule has 1 nitrogen and oxygen atoms in total. The van der Waals surface area contributed by atoms with Crippen LogP contribution in [0.2, 0.25) is 10.0 Å². The van der Waals surface area contributed by atoms with Gasteiger partial charge in [0.15, 0.2) is 0 Å². The Morgan fingerprint density at radius 3 is 2.18 bits per heavy atom. The van der Waals surface area contributed by atoms with Crippen molar-refractivity contribution in [3.8, 4) is 0 Å². The Bertz CT molecular complexity index is 564. The Hall–Kier alpha value is -1.02. The van der Waals surface area contributed by atoms with Crippen molar-refractivity contribution in [1.82, 2.24) is 0 Å². The minimum atomic E-state index is 0.0128. The Balaban J connectivity index is 0.00000116. The van der Waals surface area contributed by atoms with Gasteiger partial charge in [0.05, 0.1) is 12.7 Å². The van der Waals surface area contributed by atoms with Gasteiger partial charge in [0, 0.05) is 10.0 Å². The van der Waals surface area contributed by atoms with Crippen LogP contribution in [0.5, 0.6) is 0 Å². The molecule has 0 bridgehead atoms. The highest BCUT2D eigenvalue weighted by Crippen LogP contribution is 2.29. The number of aryl methyl sites for hydroxylation is 1. The van der Waals surface area contributed by atoms with Gasteiger partial charge >= 0.3 is 0 Å². The normalized spacial score (nSPS) is 11.5. The maximum atomic E-state index is 6.31. The molecule has 2 aromatic rings. The molecule has 0 fully saturated rings. The van der Waals surface area contributed by atoms with Crippen LogP contribution in [0.15, 0.2) is 42.5 Å². The first kappa shape index (κ1) is 19.0. The first-order chi connectivity index (χ1) is 10.6. The second-order valence-electron chi connectivity index (χ2n) is 4.86. The largest absolute Gasteiger partial charge is 0.369 e. The third-order valence-electron chi connectivity index (χ3n) is 3.24. The van der Waals surface area contributed by atoms with Gasteiger partial charge in [-0.15, -0.1) is 0 Å². The van der Waals surface area contributed by atoms with Gasteiger partial charge in [-0.3, -0.25) is 0 Å². The van der Waals surface area contributed by atoms with E-state index in [1.54, 1.807) is 0 Å². The van der Waals surface area contributed by atoms with Crippen molar-refractivity contribution in [3.05, 3.63) is 69.2 Å². The van der Waals surface area contributed by atoms with Crippen LogP contribution in [-0.4, -0.2) is 0 Å². The molecule has 0 amide bonds. The van der Waals surface area contributed by atoms with Gasteiger partial charge < -0.3 is 4.74 Å². The first-order valence-electron chi connectivity index (χ1n) is 7.72. The van der Waals surface area contributed by atoms with Crippen LogP contribution in [0.3, 0.4) is 0 Å². The predicted octanol–water partition coefficient (Wildman–Crippen LogP) is 7.00. The second kappa shape index (κ2) is 9.89. The van der Waals surface area contributed by atoms with Crippen LogP contribution in [-0.2, 0) is 11.3 Å².